The molecule has 5 heteroatoms. The molecule has 0 saturated heterocycles. The Morgan fingerprint density at radius 3 is 2.88 bits per heavy atom. The van der Waals surface area contributed by atoms with E-state index >= 15 is 0 Å². The average molecular weight is 226 g/mol. The second kappa shape index (κ2) is 3.86. The minimum absolute atomic E-state index is 0.593. The summed E-state index contributed by atoms with van der Waals surface area (Å²) >= 11 is 0. The van der Waals surface area contributed by atoms with Crippen LogP contribution in [-0.4, -0.2) is 26.7 Å². The van der Waals surface area contributed by atoms with Gasteiger partial charge in [0, 0.05) is 12.4 Å². The van der Waals surface area contributed by atoms with Gasteiger partial charge in [0.1, 0.15) is 5.69 Å². The van der Waals surface area contributed by atoms with E-state index in [1.165, 1.54) is 0 Å². The van der Waals surface area contributed by atoms with Gasteiger partial charge in [0.15, 0.2) is 11.4 Å². The molecule has 0 aliphatic rings. The lowest BCUT2D eigenvalue weighted by atomic mass is 10.3. The number of hydrogen-bond acceptors (Lipinski definition) is 4. The third kappa shape index (κ3) is 1.61. The fraction of sp³-hybridized carbons (Fsp3) is 0.0833. The minimum atomic E-state index is 0.593. The first-order valence-corrected chi connectivity index (χ1v) is 5.19. The number of ether oxygens (including phenoxy) is 1. The van der Waals surface area contributed by atoms with E-state index in [9.17, 15) is 0 Å². The number of fused-ring (bicyclic) bond motifs is 1. The Hall–Kier alpha value is -2.43. The smallest absolute Gasteiger partial charge is 0.200 e. The summed E-state index contributed by atoms with van der Waals surface area (Å²) in [5, 5.41) is 4.35. The SMILES string of the molecule is COc1cccn2nc(-c3ccccn3)nc12. The van der Waals surface area contributed by atoms with Gasteiger partial charge >= 0.3 is 0 Å². The second-order valence-electron chi connectivity index (χ2n) is 3.50. The van der Waals surface area contributed by atoms with E-state index in [2.05, 4.69) is 15.1 Å². The zero-order chi connectivity index (χ0) is 11.7. The van der Waals surface area contributed by atoms with E-state index in [4.69, 9.17) is 4.74 Å². The van der Waals surface area contributed by atoms with Crippen molar-refractivity contribution in [3.05, 3.63) is 42.7 Å². The van der Waals surface area contributed by atoms with E-state index in [1.807, 2.05) is 36.5 Å². The monoisotopic (exact) mass is 226 g/mol. The van der Waals surface area contributed by atoms with E-state index in [-0.39, 0.29) is 0 Å². The fourth-order valence-electron chi connectivity index (χ4n) is 1.64. The molecule has 5 nitrogen and oxygen atoms in total. The standard InChI is InChI=1S/C12H10N4O/c1-17-10-6-4-8-16-12(10)14-11(15-16)9-5-2-3-7-13-9/h2-8H,1H3. The molecule has 84 valence electrons. The molecule has 0 spiro atoms. The predicted molar refractivity (Wildman–Crippen MR) is 62.8 cm³/mol. The maximum Gasteiger partial charge on any atom is 0.200 e. The molecular formula is C12H10N4O. The van der Waals surface area contributed by atoms with Crippen molar-refractivity contribution < 1.29 is 4.74 Å². The topological polar surface area (TPSA) is 52.3 Å². The first kappa shape index (κ1) is 9.77. The summed E-state index contributed by atoms with van der Waals surface area (Å²) in [6, 6.07) is 9.36. The molecule has 3 heterocycles. The van der Waals surface area contributed by atoms with Crippen molar-refractivity contribution in [2.75, 3.05) is 7.11 Å². The molecule has 0 fully saturated rings. The van der Waals surface area contributed by atoms with Gasteiger partial charge in [0.2, 0.25) is 5.82 Å². The number of aromatic nitrogens is 4. The maximum absolute atomic E-state index is 5.23. The lowest BCUT2D eigenvalue weighted by Crippen LogP contribution is -1.90. The van der Waals surface area contributed by atoms with Crippen molar-refractivity contribution in [3.8, 4) is 17.3 Å². The second-order valence-corrected chi connectivity index (χ2v) is 3.50. The van der Waals surface area contributed by atoms with E-state index in [0.717, 1.165) is 5.69 Å². The molecule has 3 aromatic rings. The quantitative estimate of drug-likeness (QED) is 0.668. The highest BCUT2D eigenvalue weighted by Crippen LogP contribution is 2.20. The van der Waals surface area contributed by atoms with Crippen molar-refractivity contribution >= 4 is 5.65 Å². The van der Waals surface area contributed by atoms with Crippen LogP contribution in [0.3, 0.4) is 0 Å². The van der Waals surface area contributed by atoms with Crippen molar-refractivity contribution in [2.45, 2.75) is 0 Å². The molecule has 0 aliphatic carbocycles. The van der Waals surface area contributed by atoms with Crippen LogP contribution >= 0.6 is 0 Å². The van der Waals surface area contributed by atoms with Gasteiger partial charge < -0.3 is 4.74 Å². The Labute approximate surface area is 97.7 Å². The Morgan fingerprint density at radius 2 is 2.12 bits per heavy atom. The highest BCUT2D eigenvalue weighted by Gasteiger charge is 2.09. The molecule has 0 bridgehead atoms. The normalized spacial score (nSPS) is 10.6. The molecule has 17 heavy (non-hydrogen) atoms. The molecule has 0 amide bonds. The van der Waals surface area contributed by atoms with E-state index in [1.54, 1.807) is 17.8 Å². The van der Waals surface area contributed by atoms with Gasteiger partial charge in [-0.1, -0.05) is 6.07 Å². The number of nitrogens with zero attached hydrogens (tertiary/aromatic N) is 4. The van der Waals surface area contributed by atoms with Crippen molar-refractivity contribution in [1.29, 1.82) is 0 Å². The zero-order valence-electron chi connectivity index (χ0n) is 9.24. The zero-order valence-corrected chi connectivity index (χ0v) is 9.24. The Kier molecular flexibility index (Phi) is 2.22. The van der Waals surface area contributed by atoms with Gasteiger partial charge in [-0.2, -0.15) is 0 Å². The summed E-state index contributed by atoms with van der Waals surface area (Å²) < 4.78 is 6.92. The van der Waals surface area contributed by atoms with Crippen LogP contribution in [0, 0.1) is 0 Å². The van der Waals surface area contributed by atoms with Crippen LogP contribution in [-0.2, 0) is 0 Å². The molecule has 0 radical (unpaired) electrons. The fourth-order valence-corrected chi connectivity index (χ4v) is 1.64. The summed E-state index contributed by atoms with van der Waals surface area (Å²) in [6.07, 6.45) is 3.55. The highest BCUT2D eigenvalue weighted by atomic mass is 16.5. The van der Waals surface area contributed by atoms with E-state index < -0.39 is 0 Å². The Bertz CT molecular complexity index is 648. The number of hydrogen-bond donors (Lipinski definition) is 0. The first-order valence-electron chi connectivity index (χ1n) is 5.19. The molecule has 0 aromatic carbocycles. The molecule has 0 N–H and O–H groups in total. The van der Waals surface area contributed by atoms with Gasteiger partial charge in [0.25, 0.3) is 0 Å². The third-order valence-corrected chi connectivity index (χ3v) is 2.44. The molecule has 0 saturated carbocycles. The van der Waals surface area contributed by atoms with Crippen LogP contribution in [0.5, 0.6) is 5.75 Å². The van der Waals surface area contributed by atoms with Gasteiger partial charge in [0.05, 0.1) is 7.11 Å². The largest absolute Gasteiger partial charge is 0.493 e. The Balaban J connectivity index is 2.20. The Morgan fingerprint density at radius 1 is 1.18 bits per heavy atom. The lowest BCUT2D eigenvalue weighted by molar-refractivity contribution is 0.416. The van der Waals surface area contributed by atoms with Crippen LogP contribution in [0.25, 0.3) is 17.2 Å². The number of methoxy groups -OCH3 is 1. The van der Waals surface area contributed by atoms with E-state index in [0.29, 0.717) is 17.2 Å². The molecule has 0 unspecified atom stereocenters. The van der Waals surface area contributed by atoms with Crippen molar-refractivity contribution in [3.63, 3.8) is 0 Å². The highest BCUT2D eigenvalue weighted by molar-refractivity contribution is 5.59. The van der Waals surface area contributed by atoms with Crippen molar-refractivity contribution in [1.82, 2.24) is 19.6 Å². The number of rotatable bonds is 2. The summed E-state index contributed by atoms with van der Waals surface area (Å²) in [4.78, 5) is 8.64. The molecule has 0 atom stereocenters. The van der Waals surface area contributed by atoms with Crippen LogP contribution in [0.15, 0.2) is 42.7 Å². The molecule has 3 aromatic heterocycles. The predicted octanol–water partition coefficient (Wildman–Crippen LogP) is 1.80. The van der Waals surface area contributed by atoms with Crippen LogP contribution < -0.4 is 4.74 Å². The molecule has 3 rings (SSSR count). The van der Waals surface area contributed by atoms with Gasteiger partial charge in [-0.05, 0) is 24.3 Å². The summed E-state index contributed by atoms with van der Waals surface area (Å²) in [7, 11) is 1.62. The lowest BCUT2D eigenvalue weighted by Gasteiger charge is -1.98. The summed E-state index contributed by atoms with van der Waals surface area (Å²) in [5.41, 5.74) is 1.44. The number of pyridine rings is 2. The first-order chi connectivity index (χ1) is 8.38. The van der Waals surface area contributed by atoms with Gasteiger partial charge in [-0.25, -0.2) is 9.50 Å². The van der Waals surface area contributed by atoms with Crippen LogP contribution in [0.4, 0.5) is 0 Å². The minimum Gasteiger partial charge on any atom is -0.493 e. The summed E-state index contributed by atoms with van der Waals surface area (Å²) in [5.74, 6) is 1.29. The molecule has 0 aliphatic heterocycles. The maximum atomic E-state index is 5.23. The third-order valence-electron chi connectivity index (χ3n) is 2.44. The van der Waals surface area contributed by atoms with Crippen LogP contribution in [0.2, 0.25) is 0 Å². The van der Waals surface area contributed by atoms with Gasteiger partial charge in [-0.15, -0.1) is 5.10 Å². The molecular weight excluding hydrogens is 216 g/mol. The summed E-state index contributed by atoms with van der Waals surface area (Å²) in [6.45, 7) is 0. The van der Waals surface area contributed by atoms with Gasteiger partial charge in [-0.3, -0.25) is 4.98 Å². The van der Waals surface area contributed by atoms with Crippen molar-refractivity contribution in [2.24, 2.45) is 0 Å². The van der Waals surface area contributed by atoms with Crippen LogP contribution in [0.1, 0.15) is 0 Å². The average Bonchev–Trinajstić information content (AvgIpc) is 2.83.